The summed E-state index contributed by atoms with van der Waals surface area (Å²) in [6.07, 6.45) is 1.71. The average Bonchev–Trinajstić information content (AvgIpc) is 2.88. The van der Waals surface area contributed by atoms with Crippen LogP contribution in [0.25, 0.3) is 10.9 Å². The lowest BCUT2D eigenvalue weighted by atomic mass is 10.2. The van der Waals surface area contributed by atoms with Crippen molar-refractivity contribution in [3.05, 3.63) is 59.2 Å². The van der Waals surface area contributed by atoms with Crippen LogP contribution in [0, 0.1) is 0 Å². The zero-order valence-corrected chi connectivity index (χ0v) is 10.6. The molecule has 1 heterocycles. The number of fused-ring (bicyclic) bond motifs is 1. The fraction of sp³-hybridized carbons (Fsp3) is 0. The van der Waals surface area contributed by atoms with Crippen molar-refractivity contribution >= 4 is 34.1 Å². The Labute approximate surface area is 114 Å². The van der Waals surface area contributed by atoms with Crippen LogP contribution in [0.2, 0.25) is 5.02 Å². The fourth-order valence-electron chi connectivity index (χ4n) is 1.90. The van der Waals surface area contributed by atoms with Crippen LogP contribution in [0.5, 0.6) is 0 Å². The molecule has 1 amide bonds. The maximum absolute atomic E-state index is 12.1. The minimum Gasteiger partial charge on any atom is -0.320 e. The summed E-state index contributed by atoms with van der Waals surface area (Å²) in [5, 5.41) is 11.2. The molecule has 94 valence electrons. The minimum absolute atomic E-state index is 0.204. The van der Waals surface area contributed by atoms with Gasteiger partial charge in [-0.15, -0.1) is 0 Å². The third-order valence-electron chi connectivity index (χ3n) is 2.81. The second-order valence-corrected chi connectivity index (χ2v) is 4.54. The standard InChI is InChI=1S/C14H10ClN3O/c15-11-5-1-3-9(7-11)14(19)17-12-6-2-4-10-8-16-18-13(10)12/h1-8H,(H,16,18)(H,17,19). The molecule has 0 unspecified atom stereocenters. The Morgan fingerprint density at radius 3 is 2.89 bits per heavy atom. The van der Waals surface area contributed by atoms with E-state index in [9.17, 15) is 4.79 Å². The van der Waals surface area contributed by atoms with Crippen molar-refractivity contribution in [2.75, 3.05) is 5.32 Å². The number of anilines is 1. The maximum atomic E-state index is 12.1. The number of benzene rings is 2. The number of hydrogen-bond donors (Lipinski definition) is 2. The topological polar surface area (TPSA) is 57.8 Å². The highest BCUT2D eigenvalue weighted by molar-refractivity contribution is 6.31. The number of para-hydroxylation sites is 1. The molecule has 0 aliphatic heterocycles. The van der Waals surface area contributed by atoms with E-state index in [0.717, 1.165) is 10.9 Å². The maximum Gasteiger partial charge on any atom is 0.255 e. The van der Waals surface area contributed by atoms with Gasteiger partial charge in [0.05, 0.1) is 17.4 Å². The fourth-order valence-corrected chi connectivity index (χ4v) is 2.09. The molecule has 0 aliphatic carbocycles. The zero-order chi connectivity index (χ0) is 13.2. The number of nitrogens with one attached hydrogen (secondary N) is 2. The molecule has 19 heavy (non-hydrogen) atoms. The number of rotatable bonds is 2. The Hall–Kier alpha value is -2.33. The Morgan fingerprint density at radius 1 is 1.21 bits per heavy atom. The van der Waals surface area contributed by atoms with E-state index >= 15 is 0 Å². The van der Waals surface area contributed by atoms with Crippen LogP contribution in [0.1, 0.15) is 10.4 Å². The lowest BCUT2D eigenvalue weighted by Crippen LogP contribution is -2.12. The lowest BCUT2D eigenvalue weighted by molar-refractivity contribution is 0.102. The summed E-state index contributed by atoms with van der Waals surface area (Å²) in [4.78, 5) is 12.1. The van der Waals surface area contributed by atoms with Crippen molar-refractivity contribution in [2.24, 2.45) is 0 Å². The highest BCUT2D eigenvalue weighted by atomic mass is 35.5. The molecule has 1 aromatic heterocycles. The third kappa shape index (κ3) is 2.30. The van der Waals surface area contributed by atoms with Crippen molar-refractivity contribution in [1.82, 2.24) is 10.2 Å². The SMILES string of the molecule is O=C(Nc1cccc2cn[nH]c12)c1cccc(Cl)c1. The van der Waals surface area contributed by atoms with Crippen molar-refractivity contribution in [3.8, 4) is 0 Å². The molecule has 2 aromatic carbocycles. The molecule has 3 aromatic rings. The van der Waals surface area contributed by atoms with E-state index < -0.39 is 0 Å². The summed E-state index contributed by atoms with van der Waals surface area (Å²) in [5.41, 5.74) is 2.02. The monoisotopic (exact) mass is 271 g/mol. The van der Waals surface area contributed by atoms with Crippen LogP contribution in [0.15, 0.2) is 48.7 Å². The van der Waals surface area contributed by atoms with Gasteiger partial charge in [-0.2, -0.15) is 5.10 Å². The van der Waals surface area contributed by atoms with Gasteiger partial charge in [0.2, 0.25) is 0 Å². The molecule has 0 bridgehead atoms. The number of carbonyl (C=O) groups is 1. The largest absolute Gasteiger partial charge is 0.320 e. The first kappa shape index (κ1) is 11.7. The van der Waals surface area contributed by atoms with E-state index in [4.69, 9.17) is 11.6 Å². The smallest absolute Gasteiger partial charge is 0.255 e. The summed E-state index contributed by atoms with van der Waals surface area (Å²) in [5.74, 6) is -0.204. The third-order valence-corrected chi connectivity index (χ3v) is 3.05. The molecule has 0 saturated heterocycles. The number of carbonyl (C=O) groups excluding carboxylic acids is 1. The molecule has 5 heteroatoms. The van der Waals surface area contributed by atoms with Gasteiger partial charge >= 0.3 is 0 Å². The highest BCUT2D eigenvalue weighted by Gasteiger charge is 2.09. The number of aromatic amines is 1. The molecular formula is C14H10ClN3O. The normalized spacial score (nSPS) is 10.6. The van der Waals surface area contributed by atoms with Gasteiger partial charge in [0.1, 0.15) is 0 Å². The van der Waals surface area contributed by atoms with E-state index in [0.29, 0.717) is 16.3 Å². The summed E-state index contributed by atoms with van der Waals surface area (Å²) in [6, 6.07) is 12.4. The van der Waals surface area contributed by atoms with E-state index in [1.54, 1.807) is 30.5 Å². The number of H-pyrrole nitrogens is 1. The van der Waals surface area contributed by atoms with Gasteiger partial charge in [-0.1, -0.05) is 29.8 Å². The molecule has 0 fully saturated rings. The number of hydrogen-bond acceptors (Lipinski definition) is 2. The molecule has 0 atom stereocenters. The second-order valence-electron chi connectivity index (χ2n) is 4.10. The Balaban J connectivity index is 1.93. The molecule has 3 rings (SSSR count). The summed E-state index contributed by atoms with van der Waals surface area (Å²) >= 11 is 5.87. The van der Waals surface area contributed by atoms with Gasteiger partial charge < -0.3 is 5.32 Å². The van der Waals surface area contributed by atoms with Gasteiger partial charge in [-0.05, 0) is 24.3 Å². The lowest BCUT2D eigenvalue weighted by Gasteiger charge is -2.06. The summed E-state index contributed by atoms with van der Waals surface area (Å²) in [6.45, 7) is 0. The predicted molar refractivity (Wildman–Crippen MR) is 75.5 cm³/mol. The first-order chi connectivity index (χ1) is 9.24. The van der Waals surface area contributed by atoms with E-state index in [1.165, 1.54) is 0 Å². The number of amides is 1. The van der Waals surface area contributed by atoms with Crippen molar-refractivity contribution < 1.29 is 4.79 Å². The molecular weight excluding hydrogens is 262 g/mol. The van der Waals surface area contributed by atoms with Gasteiger partial charge in [0.15, 0.2) is 0 Å². The van der Waals surface area contributed by atoms with Gasteiger partial charge in [-0.25, -0.2) is 0 Å². The van der Waals surface area contributed by atoms with Crippen LogP contribution in [0.3, 0.4) is 0 Å². The number of nitrogens with zero attached hydrogens (tertiary/aromatic N) is 1. The van der Waals surface area contributed by atoms with Crippen molar-refractivity contribution in [3.63, 3.8) is 0 Å². The number of aromatic nitrogens is 2. The summed E-state index contributed by atoms with van der Waals surface area (Å²) < 4.78 is 0. The van der Waals surface area contributed by atoms with E-state index in [-0.39, 0.29) is 5.91 Å². The summed E-state index contributed by atoms with van der Waals surface area (Å²) in [7, 11) is 0. The molecule has 4 nitrogen and oxygen atoms in total. The van der Waals surface area contributed by atoms with E-state index in [1.807, 2.05) is 18.2 Å². The van der Waals surface area contributed by atoms with Crippen molar-refractivity contribution in [1.29, 1.82) is 0 Å². The first-order valence-electron chi connectivity index (χ1n) is 5.73. The number of halogens is 1. The van der Waals surface area contributed by atoms with Crippen LogP contribution < -0.4 is 5.32 Å². The average molecular weight is 272 g/mol. The van der Waals surface area contributed by atoms with Crippen LogP contribution in [-0.4, -0.2) is 16.1 Å². The van der Waals surface area contributed by atoms with Crippen molar-refractivity contribution in [2.45, 2.75) is 0 Å². The second kappa shape index (κ2) is 4.74. The van der Waals surface area contributed by atoms with Gasteiger partial charge in [-0.3, -0.25) is 9.89 Å². The van der Waals surface area contributed by atoms with Crippen LogP contribution in [-0.2, 0) is 0 Å². The van der Waals surface area contributed by atoms with Gasteiger partial charge in [0.25, 0.3) is 5.91 Å². The molecule has 0 radical (unpaired) electrons. The van der Waals surface area contributed by atoms with Crippen LogP contribution >= 0.6 is 11.6 Å². The molecule has 0 saturated carbocycles. The Bertz CT molecular complexity index is 751. The van der Waals surface area contributed by atoms with Gasteiger partial charge in [0, 0.05) is 16.0 Å². The first-order valence-corrected chi connectivity index (χ1v) is 6.11. The molecule has 0 spiro atoms. The highest BCUT2D eigenvalue weighted by Crippen LogP contribution is 2.21. The Kier molecular flexibility index (Phi) is 2.93. The quantitative estimate of drug-likeness (QED) is 0.750. The Morgan fingerprint density at radius 2 is 2.05 bits per heavy atom. The molecule has 0 aliphatic rings. The minimum atomic E-state index is -0.204. The van der Waals surface area contributed by atoms with E-state index in [2.05, 4.69) is 15.5 Å². The van der Waals surface area contributed by atoms with Crippen LogP contribution in [0.4, 0.5) is 5.69 Å². The molecule has 2 N–H and O–H groups in total. The zero-order valence-electron chi connectivity index (χ0n) is 9.85. The predicted octanol–water partition coefficient (Wildman–Crippen LogP) is 3.47.